The third-order valence-electron chi connectivity index (χ3n) is 4.06. The van der Waals surface area contributed by atoms with Crippen molar-refractivity contribution < 1.29 is 4.74 Å². The van der Waals surface area contributed by atoms with Crippen molar-refractivity contribution in [3.05, 3.63) is 28.8 Å². The summed E-state index contributed by atoms with van der Waals surface area (Å²) in [6, 6.07) is 4.68. The van der Waals surface area contributed by atoms with E-state index in [0.717, 1.165) is 38.0 Å². The van der Waals surface area contributed by atoms with Crippen LogP contribution in [-0.2, 0) is 17.3 Å². The third-order valence-corrected chi connectivity index (χ3v) is 4.06. The van der Waals surface area contributed by atoms with Crippen LogP contribution in [0, 0.1) is 11.8 Å². The van der Waals surface area contributed by atoms with Gasteiger partial charge >= 0.3 is 0 Å². The largest absolute Gasteiger partial charge is 0.493 e. The molecule has 24 heavy (non-hydrogen) atoms. The fourth-order valence-corrected chi connectivity index (χ4v) is 2.73. The van der Waals surface area contributed by atoms with Crippen LogP contribution >= 0.6 is 0 Å². The van der Waals surface area contributed by atoms with Gasteiger partial charge in [-0.2, -0.15) is 0 Å². The summed E-state index contributed by atoms with van der Waals surface area (Å²) in [6.45, 7) is 18.7. The molecule has 0 spiro atoms. The number of ether oxygens (including phenoxy) is 1. The van der Waals surface area contributed by atoms with Crippen LogP contribution in [0.3, 0.4) is 0 Å². The highest BCUT2D eigenvalue weighted by atomic mass is 16.5. The summed E-state index contributed by atoms with van der Waals surface area (Å²) in [5.41, 5.74) is 4.14. The molecule has 0 bridgehead atoms. The molecule has 0 saturated heterocycles. The molecule has 1 aromatic rings. The van der Waals surface area contributed by atoms with Crippen molar-refractivity contribution in [3.8, 4) is 17.6 Å². The molecule has 0 fully saturated rings. The minimum Gasteiger partial charge on any atom is -0.493 e. The molecule has 0 aliphatic rings. The molecule has 1 aromatic carbocycles. The van der Waals surface area contributed by atoms with Gasteiger partial charge in [-0.3, -0.25) is 0 Å². The number of aryl methyl sites for hydroxylation is 1. The summed E-state index contributed by atoms with van der Waals surface area (Å²) >= 11 is 0. The number of benzene rings is 1. The molecule has 0 unspecified atom stereocenters. The molecule has 1 heteroatoms. The molecule has 1 nitrogen and oxygen atoms in total. The van der Waals surface area contributed by atoms with Crippen molar-refractivity contribution >= 4 is 0 Å². The van der Waals surface area contributed by atoms with Gasteiger partial charge in [-0.25, -0.2) is 0 Å². The van der Waals surface area contributed by atoms with Crippen molar-refractivity contribution in [2.24, 2.45) is 0 Å². The summed E-state index contributed by atoms with van der Waals surface area (Å²) in [5.74, 6) is 7.54. The van der Waals surface area contributed by atoms with Crippen molar-refractivity contribution in [1.82, 2.24) is 0 Å². The minimum atomic E-state index is 0.0637. The van der Waals surface area contributed by atoms with Gasteiger partial charge in [-0.1, -0.05) is 67.5 Å². The maximum Gasteiger partial charge on any atom is 0.126 e. The van der Waals surface area contributed by atoms with Gasteiger partial charge in [-0.15, -0.1) is 11.8 Å². The zero-order valence-electron chi connectivity index (χ0n) is 17.1. The Morgan fingerprint density at radius 1 is 0.875 bits per heavy atom. The van der Waals surface area contributed by atoms with E-state index in [-0.39, 0.29) is 10.8 Å². The number of hydrogen-bond acceptors (Lipinski definition) is 1. The molecule has 1 rings (SSSR count). The second-order valence-corrected chi connectivity index (χ2v) is 8.58. The molecule has 0 radical (unpaired) electrons. The van der Waals surface area contributed by atoms with Gasteiger partial charge < -0.3 is 4.74 Å². The minimum absolute atomic E-state index is 0.0637. The lowest BCUT2D eigenvalue weighted by Crippen LogP contribution is -2.20. The van der Waals surface area contributed by atoms with E-state index in [4.69, 9.17) is 4.74 Å². The Hall–Kier alpha value is -1.42. The maximum atomic E-state index is 6.24. The number of hydrogen-bond donors (Lipinski definition) is 0. The molecule has 0 saturated carbocycles. The monoisotopic (exact) mass is 328 g/mol. The Labute approximate surface area is 150 Å². The van der Waals surface area contributed by atoms with E-state index < -0.39 is 0 Å². The van der Waals surface area contributed by atoms with Gasteiger partial charge in [0.05, 0.1) is 6.61 Å². The van der Waals surface area contributed by atoms with Crippen LogP contribution in [-0.4, -0.2) is 6.61 Å². The van der Waals surface area contributed by atoms with Crippen molar-refractivity contribution in [1.29, 1.82) is 0 Å². The summed E-state index contributed by atoms with van der Waals surface area (Å²) in [6.07, 6.45) is 3.90. The van der Waals surface area contributed by atoms with Gasteiger partial charge in [0, 0.05) is 24.0 Å². The lowest BCUT2D eigenvalue weighted by Gasteiger charge is -2.30. The molecule has 0 aliphatic carbocycles. The van der Waals surface area contributed by atoms with Crippen LogP contribution in [0.25, 0.3) is 0 Å². The van der Waals surface area contributed by atoms with Gasteiger partial charge in [0.15, 0.2) is 0 Å². The molecular formula is C23H36O. The topological polar surface area (TPSA) is 9.23 Å². The van der Waals surface area contributed by atoms with E-state index in [2.05, 4.69) is 79.4 Å². The molecule has 0 aliphatic heterocycles. The lowest BCUT2D eigenvalue weighted by molar-refractivity contribution is 0.299. The van der Waals surface area contributed by atoms with Gasteiger partial charge in [0.2, 0.25) is 0 Å². The third kappa shape index (κ3) is 5.90. The van der Waals surface area contributed by atoms with E-state index in [9.17, 15) is 0 Å². The second-order valence-electron chi connectivity index (χ2n) is 8.58. The molecule has 0 N–H and O–H groups in total. The van der Waals surface area contributed by atoms with E-state index in [1.165, 1.54) is 16.7 Å². The summed E-state index contributed by atoms with van der Waals surface area (Å²) in [5, 5.41) is 0. The van der Waals surface area contributed by atoms with Crippen LogP contribution in [0.15, 0.2) is 12.1 Å². The quantitative estimate of drug-likeness (QED) is 0.567. The van der Waals surface area contributed by atoms with Gasteiger partial charge in [-0.05, 0) is 29.2 Å². The fourth-order valence-electron chi connectivity index (χ4n) is 2.73. The standard InChI is InChI=1S/C23H36O/c1-9-11-12-13-14-18-16-19(22(3,4)5)21(24-15-10-2)20(17-18)23(6,7)8/h16-17H,9-10,13-15H2,1-8H3. The Kier molecular flexibility index (Phi) is 7.40. The number of rotatable bonds is 5. The van der Waals surface area contributed by atoms with Crippen molar-refractivity contribution in [2.75, 3.05) is 6.61 Å². The highest BCUT2D eigenvalue weighted by Gasteiger charge is 2.27. The highest BCUT2D eigenvalue weighted by molar-refractivity contribution is 5.51. The maximum absolute atomic E-state index is 6.24. The molecule has 0 heterocycles. The van der Waals surface area contributed by atoms with Crippen LogP contribution in [0.2, 0.25) is 0 Å². The predicted octanol–water partition coefficient (Wildman–Crippen LogP) is 6.42. The first-order valence-corrected chi connectivity index (χ1v) is 9.37. The summed E-state index contributed by atoms with van der Waals surface area (Å²) in [4.78, 5) is 0. The molecule has 134 valence electrons. The van der Waals surface area contributed by atoms with Crippen molar-refractivity contribution in [2.45, 2.75) is 91.9 Å². The van der Waals surface area contributed by atoms with Gasteiger partial charge in [0.25, 0.3) is 0 Å². The first-order chi connectivity index (χ1) is 11.1. The SMILES string of the molecule is CCC#CCCc1cc(C(C)(C)C)c(OCCC)c(C(C)(C)C)c1. The Bertz CT molecular complexity index is 550. The predicted molar refractivity (Wildman–Crippen MR) is 106 cm³/mol. The van der Waals surface area contributed by atoms with Crippen molar-refractivity contribution in [3.63, 3.8) is 0 Å². The Morgan fingerprint density at radius 3 is 1.83 bits per heavy atom. The molecule has 0 aromatic heterocycles. The van der Waals surface area contributed by atoms with E-state index in [1.54, 1.807) is 0 Å². The first kappa shape index (κ1) is 20.6. The second kappa shape index (κ2) is 8.61. The molecule has 0 amide bonds. The van der Waals surface area contributed by atoms with Crippen LogP contribution in [0.4, 0.5) is 0 Å². The zero-order valence-corrected chi connectivity index (χ0v) is 17.1. The highest BCUT2D eigenvalue weighted by Crippen LogP contribution is 2.41. The summed E-state index contributed by atoms with van der Waals surface area (Å²) in [7, 11) is 0. The smallest absolute Gasteiger partial charge is 0.126 e. The van der Waals surface area contributed by atoms with Crippen LogP contribution < -0.4 is 4.74 Å². The molecular weight excluding hydrogens is 292 g/mol. The normalized spacial score (nSPS) is 11.8. The van der Waals surface area contributed by atoms with Gasteiger partial charge in [0.1, 0.15) is 5.75 Å². The molecule has 0 atom stereocenters. The van der Waals surface area contributed by atoms with E-state index in [0.29, 0.717) is 0 Å². The average Bonchev–Trinajstić information content (AvgIpc) is 2.47. The average molecular weight is 329 g/mol. The summed E-state index contributed by atoms with van der Waals surface area (Å²) < 4.78 is 6.24. The zero-order chi connectivity index (χ0) is 18.4. The van der Waals surface area contributed by atoms with Crippen LogP contribution in [0.5, 0.6) is 5.75 Å². The first-order valence-electron chi connectivity index (χ1n) is 9.37. The van der Waals surface area contributed by atoms with Crippen LogP contribution in [0.1, 0.15) is 91.3 Å². The van der Waals surface area contributed by atoms with E-state index in [1.807, 2.05) is 0 Å². The fraction of sp³-hybridized carbons (Fsp3) is 0.652. The van der Waals surface area contributed by atoms with E-state index >= 15 is 0 Å². The Balaban J connectivity index is 3.39. The Morgan fingerprint density at radius 2 is 1.42 bits per heavy atom. The lowest BCUT2D eigenvalue weighted by atomic mass is 9.78.